The molecule has 1 N–H and O–H groups in total. The first-order valence-corrected chi connectivity index (χ1v) is 11.6. The zero-order valence-electron chi connectivity index (χ0n) is 18.8. The number of carbonyl (C=O) groups excluding carboxylic acids is 1. The van der Waals surface area contributed by atoms with Gasteiger partial charge in [0.25, 0.3) is 5.91 Å². The number of anilines is 1. The molecule has 4 aromatic rings. The Morgan fingerprint density at radius 2 is 1.68 bits per heavy atom. The number of nitrogens with one attached hydrogen (secondary N) is 1. The molecule has 2 aliphatic heterocycles. The predicted molar refractivity (Wildman–Crippen MR) is 136 cm³/mol. The fourth-order valence-corrected chi connectivity index (χ4v) is 5.69. The van der Waals surface area contributed by atoms with Gasteiger partial charge in [-0.05, 0) is 53.7 Å². The highest BCUT2D eigenvalue weighted by Gasteiger charge is 2.51. The average Bonchev–Trinajstić information content (AvgIpc) is 3.37. The number of amides is 1. The first kappa shape index (κ1) is 20.7. The van der Waals surface area contributed by atoms with Gasteiger partial charge in [0.2, 0.25) is 0 Å². The van der Waals surface area contributed by atoms with Crippen molar-refractivity contribution < 1.29 is 14.3 Å². The van der Waals surface area contributed by atoms with Gasteiger partial charge in [0, 0.05) is 23.0 Å². The lowest BCUT2D eigenvalue weighted by Crippen LogP contribution is -2.44. The van der Waals surface area contributed by atoms with Crippen LogP contribution >= 0.6 is 12.2 Å². The number of rotatable bonds is 4. The van der Waals surface area contributed by atoms with Crippen molar-refractivity contribution in [1.82, 2.24) is 9.88 Å². The fraction of sp³-hybridized carbons (Fsp3) is 0.185. The molecule has 2 aliphatic rings. The summed E-state index contributed by atoms with van der Waals surface area (Å²) < 4.78 is 11.1. The number of hydrogen-bond acceptors (Lipinski definition) is 4. The number of carbonyl (C=O) groups is 1. The Kier molecular flexibility index (Phi) is 4.81. The van der Waals surface area contributed by atoms with E-state index in [-0.39, 0.29) is 11.9 Å². The van der Waals surface area contributed by atoms with Crippen molar-refractivity contribution in [3.05, 3.63) is 89.6 Å². The third kappa shape index (κ3) is 2.93. The molecule has 6 nitrogen and oxygen atoms in total. The van der Waals surface area contributed by atoms with Crippen LogP contribution in [-0.4, -0.2) is 41.2 Å². The van der Waals surface area contributed by atoms with E-state index < -0.39 is 6.04 Å². The molecule has 0 unspecified atom stereocenters. The first-order chi connectivity index (χ1) is 16.6. The largest absolute Gasteiger partial charge is 0.493 e. The number of para-hydroxylation sites is 2. The lowest BCUT2D eigenvalue weighted by molar-refractivity contribution is -0.120. The molecule has 0 saturated carbocycles. The van der Waals surface area contributed by atoms with E-state index in [0.717, 1.165) is 33.4 Å². The molecular formula is C27H23N3O3S. The molecular weight excluding hydrogens is 446 g/mol. The minimum atomic E-state index is -0.391. The number of aromatic nitrogens is 1. The first-order valence-electron chi connectivity index (χ1n) is 11.1. The van der Waals surface area contributed by atoms with Gasteiger partial charge in [-0.3, -0.25) is 9.69 Å². The maximum atomic E-state index is 13.8. The number of thiocarbonyl (C=S) groups is 1. The highest BCUT2D eigenvalue weighted by Crippen LogP contribution is 2.46. The normalized spacial score (nSPS) is 19.4. The van der Waals surface area contributed by atoms with E-state index in [2.05, 4.69) is 22.0 Å². The van der Waals surface area contributed by atoms with Crippen molar-refractivity contribution in [2.24, 2.45) is 0 Å². The van der Waals surface area contributed by atoms with Crippen molar-refractivity contribution in [3.8, 4) is 11.5 Å². The van der Waals surface area contributed by atoms with E-state index in [1.165, 1.54) is 0 Å². The number of ether oxygens (including phenoxy) is 2. The van der Waals surface area contributed by atoms with Gasteiger partial charge in [-0.1, -0.05) is 42.5 Å². The molecule has 1 saturated heterocycles. The standard InChI is InChI=1S/C27H23N3O3S/c1-32-22-13-12-16(14-23(22)33-2)25-24-19(18-10-6-7-11-20(18)28-24)15-21-26(31)29(27(34)30(21)25)17-8-4-3-5-9-17/h3-14,21,25,28H,15H2,1-2H3/t21-,25+/m1/s1. The van der Waals surface area contributed by atoms with Crippen LogP contribution in [0.15, 0.2) is 72.8 Å². The average molecular weight is 470 g/mol. The Bertz CT molecular complexity index is 1430. The van der Waals surface area contributed by atoms with Gasteiger partial charge < -0.3 is 19.4 Å². The maximum absolute atomic E-state index is 13.8. The lowest BCUT2D eigenvalue weighted by atomic mass is 9.88. The SMILES string of the molecule is COc1ccc([C@H]2c3[nH]c4ccccc4c3C[C@@H]3C(=O)N(c4ccccc4)C(=S)N23)cc1OC. The van der Waals surface area contributed by atoms with Crippen LogP contribution in [0.4, 0.5) is 5.69 Å². The zero-order valence-corrected chi connectivity index (χ0v) is 19.6. The van der Waals surface area contributed by atoms with E-state index in [0.29, 0.717) is 23.0 Å². The molecule has 3 aromatic carbocycles. The Morgan fingerprint density at radius 3 is 2.44 bits per heavy atom. The van der Waals surface area contributed by atoms with Gasteiger partial charge in [0.1, 0.15) is 6.04 Å². The van der Waals surface area contributed by atoms with Crippen molar-refractivity contribution in [2.75, 3.05) is 19.1 Å². The van der Waals surface area contributed by atoms with Crippen LogP contribution in [0, 0.1) is 0 Å². The van der Waals surface area contributed by atoms with E-state index in [4.69, 9.17) is 21.7 Å². The lowest BCUT2D eigenvalue weighted by Gasteiger charge is -2.37. The molecule has 0 spiro atoms. The topological polar surface area (TPSA) is 57.8 Å². The second-order valence-corrected chi connectivity index (χ2v) is 8.86. The summed E-state index contributed by atoms with van der Waals surface area (Å²) in [7, 11) is 3.25. The third-order valence-electron chi connectivity index (χ3n) is 6.79. The summed E-state index contributed by atoms with van der Waals surface area (Å²) in [6.07, 6.45) is 0.589. The van der Waals surface area contributed by atoms with Gasteiger partial charge >= 0.3 is 0 Å². The van der Waals surface area contributed by atoms with Crippen molar-refractivity contribution in [2.45, 2.75) is 18.5 Å². The second kappa shape index (κ2) is 7.88. The number of H-pyrrole nitrogens is 1. The van der Waals surface area contributed by atoms with Gasteiger partial charge in [0.05, 0.1) is 25.9 Å². The minimum Gasteiger partial charge on any atom is -0.493 e. The highest BCUT2D eigenvalue weighted by atomic mass is 32.1. The van der Waals surface area contributed by atoms with Crippen LogP contribution in [0.1, 0.15) is 22.9 Å². The number of aromatic amines is 1. The number of nitrogens with zero attached hydrogens (tertiary/aromatic N) is 2. The number of benzene rings is 3. The summed E-state index contributed by atoms with van der Waals surface area (Å²) in [4.78, 5) is 21.1. The van der Waals surface area contributed by atoms with Crippen molar-refractivity contribution in [1.29, 1.82) is 0 Å². The van der Waals surface area contributed by atoms with Crippen LogP contribution in [0.2, 0.25) is 0 Å². The minimum absolute atomic E-state index is 0.00222. The maximum Gasteiger partial charge on any atom is 0.256 e. The third-order valence-corrected chi connectivity index (χ3v) is 7.18. The Morgan fingerprint density at radius 1 is 0.941 bits per heavy atom. The smallest absolute Gasteiger partial charge is 0.256 e. The molecule has 1 aromatic heterocycles. The number of methoxy groups -OCH3 is 2. The molecule has 34 heavy (non-hydrogen) atoms. The molecule has 6 rings (SSSR count). The monoisotopic (exact) mass is 469 g/mol. The zero-order chi connectivity index (χ0) is 23.4. The molecule has 3 heterocycles. The van der Waals surface area contributed by atoms with Crippen molar-refractivity contribution in [3.63, 3.8) is 0 Å². The molecule has 0 bridgehead atoms. The summed E-state index contributed by atoms with van der Waals surface area (Å²) in [5.41, 5.74) is 5.02. The molecule has 1 fully saturated rings. The summed E-state index contributed by atoms with van der Waals surface area (Å²) >= 11 is 5.96. The number of hydrogen-bond donors (Lipinski definition) is 1. The summed E-state index contributed by atoms with van der Waals surface area (Å²) in [6, 6.07) is 23.1. The van der Waals surface area contributed by atoms with E-state index in [1.807, 2.05) is 60.7 Å². The summed E-state index contributed by atoms with van der Waals surface area (Å²) in [5, 5.41) is 1.64. The van der Waals surface area contributed by atoms with Crippen molar-refractivity contribution >= 4 is 39.8 Å². The molecule has 0 radical (unpaired) electrons. The van der Waals surface area contributed by atoms with E-state index in [9.17, 15) is 4.79 Å². The Balaban J connectivity index is 1.56. The Labute approximate surface area is 202 Å². The molecule has 1 amide bonds. The van der Waals surface area contributed by atoms with Crippen LogP contribution < -0.4 is 14.4 Å². The number of fused-ring (bicyclic) bond motifs is 4. The second-order valence-electron chi connectivity index (χ2n) is 8.50. The molecule has 7 heteroatoms. The van der Waals surface area contributed by atoms with Crippen LogP contribution in [-0.2, 0) is 11.2 Å². The molecule has 2 atom stereocenters. The predicted octanol–water partition coefficient (Wildman–Crippen LogP) is 4.83. The fourth-order valence-electron chi connectivity index (χ4n) is 5.26. The van der Waals surface area contributed by atoms with Gasteiger partial charge in [0.15, 0.2) is 16.6 Å². The summed E-state index contributed by atoms with van der Waals surface area (Å²) in [5.74, 6) is 1.29. The van der Waals surface area contributed by atoms with E-state index in [1.54, 1.807) is 19.1 Å². The van der Waals surface area contributed by atoms with Crippen LogP contribution in [0.3, 0.4) is 0 Å². The Hall–Kier alpha value is -3.84. The van der Waals surface area contributed by atoms with Gasteiger partial charge in [-0.2, -0.15) is 0 Å². The summed E-state index contributed by atoms with van der Waals surface area (Å²) in [6.45, 7) is 0. The molecule has 0 aliphatic carbocycles. The quantitative estimate of drug-likeness (QED) is 0.434. The van der Waals surface area contributed by atoms with Crippen LogP contribution in [0.5, 0.6) is 11.5 Å². The van der Waals surface area contributed by atoms with Gasteiger partial charge in [-0.25, -0.2) is 0 Å². The highest BCUT2D eigenvalue weighted by molar-refractivity contribution is 7.80. The molecule has 170 valence electrons. The van der Waals surface area contributed by atoms with E-state index >= 15 is 0 Å². The van der Waals surface area contributed by atoms with Crippen LogP contribution in [0.25, 0.3) is 10.9 Å². The van der Waals surface area contributed by atoms with Gasteiger partial charge in [-0.15, -0.1) is 0 Å².